The van der Waals surface area contributed by atoms with Gasteiger partial charge in [-0.1, -0.05) is 6.07 Å². The lowest BCUT2D eigenvalue weighted by Gasteiger charge is -2.28. The number of halogens is 1. The van der Waals surface area contributed by atoms with Gasteiger partial charge in [0, 0.05) is 29.0 Å². The molecule has 0 aliphatic carbocycles. The Kier molecular flexibility index (Phi) is 6.52. The summed E-state index contributed by atoms with van der Waals surface area (Å²) in [5.41, 5.74) is 6.79. The summed E-state index contributed by atoms with van der Waals surface area (Å²) < 4.78 is 21.1. The van der Waals surface area contributed by atoms with E-state index < -0.39 is 0 Å². The summed E-state index contributed by atoms with van der Waals surface area (Å²) in [7, 11) is 1.37. The second-order valence-corrected chi connectivity index (χ2v) is 9.52. The van der Waals surface area contributed by atoms with Crippen LogP contribution >= 0.6 is 12.2 Å². The van der Waals surface area contributed by atoms with E-state index in [2.05, 4.69) is 27.9 Å². The number of rotatable bonds is 5. The number of thiocarbonyl (C=S) groups is 1. The molecule has 1 saturated heterocycles. The van der Waals surface area contributed by atoms with Gasteiger partial charge < -0.3 is 19.5 Å². The van der Waals surface area contributed by atoms with Crippen LogP contribution in [0.15, 0.2) is 72.9 Å². The lowest BCUT2D eigenvalue weighted by atomic mass is 9.96. The number of nitrogens with zero attached hydrogens (tertiary/aromatic N) is 3. The van der Waals surface area contributed by atoms with Crippen molar-refractivity contribution in [2.24, 2.45) is 0 Å². The van der Waals surface area contributed by atoms with E-state index in [1.807, 2.05) is 48.2 Å². The van der Waals surface area contributed by atoms with Gasteiger partial charge in [0.05, 0.1) is 30.5 Å². The first kappa shape index (κ1) is 24.6. The van der Waals surface area contributed by atoms with Crippen molar-refractivity contribution in [3.05, 3.63) is 113 Å². The quantitative estimate of drug-likeness (QED) is 0.264. The fourth-order valence-corrected chi connectivity index (χ4v) is 5.42. The highest BCUT2D eigenvalue weighted by atomic mass is 32.1. The molecule has 6 nitrogen and oxygen atoms in total. The maximum Gasteiger partial charge on any atom is 0.337 e. The molecule has 1 aliphatic heterocycles. The van der Waals surface area contributed by atoms with Gasteiger partial charge in [-0.05, 0) is 105 Å². The Morgan fingerprint density at radius 1 is 1.03 bits per heavy atom. The van der Waals surface area contributed by atoms with Crippen LogP contribution in [0.25, 0.3) is 5.69 Å². The molecule has 1 aliphatic rings. The molecule has 37 heavy (non-hydrogen) atoms. The van der Waals surface area contributed by atoms with Crippen LogP contribution < -0.4 is 10.2 Å². The molecule has 3 heterocycles. The van der Waals surface area contributed by atoms with Gasteiger partial charge in [0.25, 0.3) is 0 Å². The fourth-order valence-electron chi connectivity index (χ4n) is 5.08. The van der Waals surface area contributed by atoms with Gasteiger partial charge in [0.2, 0.25) is 0 Å². The lowest BCUT2D eigenvalue weighted by molar-refractivity contribution is 0.0600. The van der Waals surface area contributed by atoms with Crippen molar-refractivity contribution in [3.8, 4) is 5.69 Å². The van der Waals surface area contributed by atoms with E-state index in [0.717, 1.165) is 34.0 Å². The maximum atomic E-state index is 14.1. The van der Waals surface area contributed by atoms with Crippen molar-refractivity contribution in [2.75, 3.05) is 12.0 Å². The number of anilines is 1. The van der Waals surface area contributed by atoms with E-state index in [9.17, 15) is 9.18 Å². The van der Waals surface area contributed by atoms with Crippen LogP contribution in [-0.4, -0.2) is 27.7 Å². The Balaban J connectivity index is 1.64. The molecule has 1 fully saturated rings. The zero-order chi connectivity index (χ0) is 26.3. The number of hydrogen-bond donors (Lipinski definition) is 1. The first-order valence-corrected chi connectivity index (χ1v) is 12.4. The van der Waals surface area contributed by atoms with Gasteiger partial charge in [-0.25, -0.2) is 9.18 Å². The number of ether oxygens (including phenoxy) is 1. The molecule has 0 radical (unpaired) electrons. The van der Waals surface area contributed by atoms with E-state index in [1.54, 1.807) is 31.3 Å². The van der Waals surface area contributed by atoms with E-state index in [-0.39, 0.29) is 23.9 Å². The van der Waals surface area contributed by atoms with Crippen molar-refractivity contribution in [1.29, 1.82) is 0 Å². The molecule has 0 amide bonds. The van der Waals surface area contributed by atoms with Crippen LogP contribution in [0, 0.1) is 26.6 Å². The third-order valence-corrected chi connectivity index (χ3v) is 7.17. The number of methoxy groups -OCH3 is 1. The minimum absolute atomic E-state index is 0.213. The fraction of sp³-hybridized carbons (Fsp3) is 0.207. The molecule has 2 atom stereocenters. The molecule has 0 bridgehead atoms. The topological polar surface area (TPSA) is 59.4 Å². The molecule has 5 rings (SSSR count). The molecule has 8 heteroatoms. The third kappa shape index (κ3) is 4.38. The summed E-state index contributed by atoms with van der Waals surface area (Å²) in [6.07, 6.45) is 1.77. The van der Waals surface area contributed by atoms with E-state index in [4.69, 9.17) is 17.0 Å². The summed E-state index contributed by atoms with van der Waals surface area (Å²) in [5.74, 6) is -0.629. The largest absolute Gasteiger partial charge is 0.465 e. The summed E-state index contributed by atoms with van der Waals surface area (Å²) in [5, 5.41) is 4.02. The van der Waals surface area contributed by atoms with E-state index in [0.29, 0.717) is 16.2 Å². The minimum atomic E-state index is -0.373. The van der Waals surface area contributed by atoms with E-state index in [1.165, 1.54) is 13.2 Å². The zero-order valence-electron chi connectivity index (χ0n) is 21.0. The summed E-state index contributed by atoms with van der Waals surface area (Å²) >= 11 is 5.82. The monoisotopic (exact) mass is 514 g/mol. The van der Waals surface area contributed by atoms with Crippen molar-refractivity contribution in [3.63, 3.8) is 0 Å². The predicted molar refractivity (Wildman–Crippen MR) is 146 cm³/mol. The Hall–Kier alpha value is -4.04. The van der Waals surface area contributed by atoms with Crippen LogP contribution in [0.2, 0.25) is 0 Å². The first-order chi connectivity index (χ1) is 17.8. The highest BCUT2D eigenvalue weighted by Gasteiger charge is 2.42. The smallest absolute Gasteiger partial charge is 0.337 e. The average molecular weight is 515 g/mol. The average Bonchev–Trinajstić information content (AvgIpc) is 3.40. The number of carbonyl (C=O) groups excluding carboxylic acids is 1. The van der Waals surface area contributed by atoms with Crippen LogP contribution in [0.1, 0.15) is 50.7 Å². The van der Waals surface area contributed by atoms with Crippen molar-refractivity contribution in [2.45, 2.75) is 32.9 Å². The Morgan fingerprint density at radius 2 is 1.76 bits per heavy atom. The Labute approximate surface area is 220 Å². The van der Waals surface area contributed by atoms with Gasteiger partial charge in [0.15, 0.2) is 5.11 Å². The standard InChI is InChI=1S/C29H27FN4O2S/c1-17-15-22(12-13-24(17)30)34-27(26(32-29(34)37)25-7-5-6-14-31-25)23-16-18(2)33(19(23)3)21-10-8-20(9-11-21)28(35)36-4/h5-16,26-27H,1-4H3,(H,32,37). The predicted octanol–water partition coefficient (Wildman–Crippen LogP) is 5.90. The minimum Gasteiger partial charge on any atom is -0.465 e. The lowest BCUT2D eigenvalue weighted by Crippen LogP contribution is -2.29. The van der Waals surface area contributed by atoms with E-state index >= 15 is 0 Å². The number of aryl methyl sites for hydroxylation is 2. The van der Waals surface area contributed by atoms with Crippen LogP contribution in [-0.2, 0) is 4.74 Å². The van der Waals surface area contributed by atoms with Crippen molar-refractivity contribution in [1.82, 2.24) is 14.9 Å². The molecule has 1 N–H and O–H groups in total. The van der Waals surface area contributed by atoms with Crippen LogP contribution in [0.5, 0.6) is 0 Å². The van der Waals surface area contributed by atoms with Gasteiger partial charge in [-0.15, -0.1) is 0 Å². The highest BCUT2D eigenvalue weighted by Crippen LogP contribution is 2.44. The Morgan fingerprint density at radius 3 is 2.41 bits per heavy atom. The Bertz CT molecular complexity index is 1480. The summed E-state index contributed by atoms with van der Waals surface area (Å²) in [6, 6.07) is 19.9. The molecule has 0 saturated carbocycles. The highest BCUT2D eigenvalue weighted by molar-refractivity contribution is 7.80. The number of aromatic nitrogens is 2. The SMILES string of the molecule is COC(=O)c1ccc(-n2c(C)cc(C3C(c4ccccn4)NC(=S)N3c3ccc(F)c(C)c3)c2C)cc1. The zero-order valence-corrected chi connectivity index (χ0v) is 21.8. The number of esters is 1. The van der Waals surface area contributed by atoms with Crippen molar-refractivity contribution >= 4 is 29.0 Å². The molecule has 4 aromatic rings. The molecular formula is C29H27FN4O2S. The second kappa shape index (κ2) is 9.78. The second-order valence-electron chi connectivity index (χ2n) is 9.13. The van der Waals surface area contributed by atoms with Gasteiger partial charge in [-0.2, -0.15) is 0 Å². The number of benzene rings is 2. The normalized spacial score (nSPS) is 17.1. The maximum absolute atomic E-state index is 14.1. The van der Waals surface area contributed by atoms with Crippen LogP contribution in [0.3, 0.4) is 0 Å². The number of nitrogens with one attached hydrogen (secondary N) is 1. The molecular weight excluding hydrogens is 487 g/mol. The molecule has 188 valence electrons. The van der Waals surface area contributed by atoms with Gasteiger partial charge in [0.1, 0.15) is 5.82 Å². The molecule has 2 aromatic heterocycles. The van der Waals surface area contributed by atoms with Gasteiger partial charge >= 0.3 is 5.97 Å². The molecule has 2 aromatic carbocycles. The van der Waals surface area contributed by atoms with Gasteiger partial charge in [-0.3, -0.25) is 4.98 Å². The number of carbonyl (C=O) groups is 1. The summed E-state index contributed by atoms with van der Waals surface area (Å²) in [6.45, 7) is 5.87. The molecule has 2 unspecified atom stereocenters. The van der Waals surface area contributed by atoms with Crippen molar-refractivity contribution < 1.29 is 13.9 Å². The third-order valence-electron chi connectivity index (χ3n) is 6.85. The summed E-state index contributed by atoms with van der Waals surface area (Å²) in [4.78, 5) is 18.6. The molecule has 0 spiro atoms. The number of hydrogen-bond acceptors (Lipinski definition) is 4. The van der Waals surface area contributed by atoms with Crippen LogP contribution in [0.4, 0.5) is 10.1 Å². The first-order valence-electron chi connectivity index (χ1n) is 11.9. The number of pyridine rings is 1.